The van der Waals surface area contributed by atoms with Crippen LogP contribution in [0.2, 0.25) is 5.02 Å². The quantitative estimate of drug-likeness (QED) is 0.892. The summed E-state index contributed by atoms with van der Waals surface area (Å²) in [5, 5.41) is 0.690. The normalized spacial score (nSPS) is 10.5. The van der Waals surface area contributed by atoms with E-state index in [0.717, 1.165) is 26.9 Å². The second-order valence-electron chi connectivity index (χ2n) is 4.33. The summed E-state index contributed by atoms with van der Waals surface area (Å²) in [6.45, 7) is 2.95. The molecule has 2 nitrogen and oxygen atoms in total. The van der Waals surface area contributed by atoms with Crippen LogP contribution in [0.25, 0.3) is 0 Å². The number of hydrogen-bond acceptors (Lipinski definition) is 2. The fourth-order valence-electron chi connectivity index (χ4n) is 1.72. The molecule has 0 aliphatic rings. The van der Waals surface area contributed by atoms with E-state index in [1.165, 1.54) is 0 Å². The zero-order valence-corrected chi connectivity index (χ0v) is 13.0. The lowest BCUT2D eigenvalue weighted by Crippen LogP contribution is -2.00. The average Bonchev–Trinajstić information content (AvgIpc) is 2.40. The van der Waals surface area contributed by atoms with Gasteiger partial charge in [0.15, 0.2) is 0 Å². The third-order valence-electron chi connectivity index (χ3n) is 2.89. The molecule has 0 bridgehead atoms. The van der Waals surface area contributed by atoms with Crippen molar-refractivity contribution in [3.63, 3.8) is 0 Å². The van der Waals surface area contributed by atoms with E-state index in [0.29, 0.717) is 18.2 Å². The lowest BCUT2D eigenvalue weighted by atomic mass is 10.1. The van der Waals surface area contributed by atoms with Crippen LogP contribution in [0.5, 0.6) is 5.75 Å². The van der Waals surface area contributed by atoms with E-state index >= 15 is 0 Å². The lowest BCUT2D eigenvalue weighted by Gasteiger charge is -2.11. The molecular weight excluding hydrogens is 326 g/mol. The van der Waals surface area contributed by atoms with Crippen molar-refractivity contribution in [2.45, 2.75) is 20.1 Å². The van der Waals surface area contributed by atoms with Gasteiger partial charge in [-0.1, -0.05) is 45.7 Å². The van der Waals surface area contributed by atoms with Crippen LogP contribution in [-0.2, 0) is 13.2 Å². The van der Waals surface area contributed by atoms with Crippen LogP contribution in [0.4, 0.5) is 0 Å². The SMILES string of the molecule is Cc1ccc(Br)cc1OCc1ccc(CN)cc1Cl. The zero-order valence-electron chi connectivity index (χ0n) is 10.6. The molecule has 2 aromatic rings. The van der Waals surface area contributed by atoms with E-state index in [4.69, 9.17) is 22.1 Å². The molecule has 0 amide bonds. The van der Waals surface area contributed by atoms with Gasteiger partial charge in [0.05, 0.1) is 0 Å². The summed E-state index contributed by atoms with van der Waals surface area (Å²) in [6, 6.07) is 11.8. The topological polar surface area (TPSA) is 35.2 Å². The molecule has 0 saturated heterocycles. The van der Waals surface area contributed by atoms with Crippen molar-refractivity contribution in [1.82, 2.24) is 0 Å². The second-order valence-corrected chi connectivity index (χ2v) is 5.65. The Morgan fingerprint density at radius 1 is 1.21 bits per heavy atom. The predicted molar refractivity (Wildman–Crippen MR) is 82.6 cm³/mol. The van der Waals surface area contributed by atoms with Crippen molar-refractivity contribution in [3.05, 3.63) is 62.6 Å². The molecule has 0 radical (unpaired) electrons. The number of hydrogen-bond donors (Lipinski definition) is 1. The van der Waals surface area contributed by atoms with Gasteiger partial charge in [0, 0.05) is 21.6 Å². The molecule has 0 aliphatic carbocycles. The van der Waals surface area contributed by atoms with Gasteiger partial charge in [0.2, 0.25) is 0 Å². The van der Waals surface area contributed by atoms with Crippen LogP contribution < -0.4 is 10.5 Å². The van der Waals surface area contributed by atoms with Gasteiger partial charge in [0.25, 0.3) is 0 Å². The molecule has 0 unspecified atom stereocenters. The summed E-state index contributed by atoms with van der Waals surface area (Å²) in [5.41, 5.74) is 8.65. The summed E-state index contributed by atoms with van der Waals surface area (Å²) >= 11 is 9.64. The molecule has 2 rings (SSSR count). The zero-order chi connectivity index (χ0) is 13.8. The number of halogens is 2. The lowest BCUT2D eigenvalue weighted by molar-refractivity contribution is 0.304. The molecule has 0 saturated carbocycles. The Labute approximate surface area is 126 Å². The van der Waals surface area contributed by atoms with Gasteiger partial charge in [-0.15, -0.1) is 0 Å². The Bertz CT molecular complexity index is 586. The first-order valence-corrected chi connectivity index (χ1v) is 7.13. The number of nitrogens with two attached hydrogens (primary N) is 1. The second kappa shape index (κ2) is 6.42. The fourth-order valence-corrected chi connectivity index (χ4v) is 2.32. The molecule has 2 aromatic carbocycles. The van der Waals surface area contributed by atoms with E-state index in [9.17, 15) is 0 Å². The van der Waals surface area contributed by atoms with Crippen molar-refractivity contribution >= 4 is 27.5 Å². The van der Waals surface area contributed by atoms with Crippen LogP contribution in [0.3, 0.4) is 0 Å². The summed E-state index contributed by atoms with van der Waals surface area (Å²) in [7, 11) is 0. The van der Waals surface area contributed by atoms with Crippen LogP contribution >= 0.6 is 27.5 Å². The van der Waals surface area contributed by atoms with E-state index in [2.05, 4.69) is 15.9 Å². The van der Waals surface area contributed by atoms with Crippen molar-refractivity contribution in [2.75, 3.05) is 0 Å². The number of aryl methyl sites for hydroxylation is 1. The van der Waals surface area contributed by atoms with Gasteiger partial charge in [-0.25, -0.2) is 0 Å². The van der Waals surface area contributed by atoms with E-state index in [1.54, 1.807) is 0 Å². The maximum Gasteiger partial charge on any atom is 0.123 e. The summed E-state index contributed by atoms with van der Waals surface area (Å²) in [5.74, 6) is 0.855. The number of benzene rings is 2. The molecule has 0 aliphatic heterocycles. The molecular formula is C15H15BrClNO. The minimum absolute atomic E-state index is 0.445. The summed E-state index contributed by atoms with van der Waals surface area (Å²) < 4.78 is 6.81. The predicted octanol–water partition coefficient (Wildman–Crippen LogP) is 4.45. The first-order valence-electron chi connectivity index (χ1n) is 5.96. The van der Waals surface area contributed by atoms with Crippen LogP contribution in [0.15, 0.2) is 40.9 Å². The minimum Gasteiger partial charge on any atom is -0.489 e. The minimum atomic E-state index is 0.445. The van der Waals surface area contributed by atoms with Crippen LogP contribution in [-0.4, -0.2) is 0 Å². The van der Waals surface area contributed by atoms with Crippen molar-refractivity contribution in [1.29, 1.82) is 0 Å². The largest absolute Gasteiger partial charge is 0.489 e. The molecule has 0 spiro atoms. The van der Waals surface area contributed by atoms with Crippen molar-refractivity contribution in [3.8, 4) is 5.75 Å². The highest BCUT2D eigenvalue weighted by molar-refractivity contribution is 9.10. The van der Waals surface area contributed by atoms with Crippen LogP contribution in [0, 0.1) is 6.92 Å². The van der Waals surface area contributed by atoms with Gasteiger partial charge in [-0.3, -0.25) is 0 Å². The third-order valence-corrected chi connectivity index (χ3v) is 3.73. The Hall–Kier alpha value is -1.03. The van der Waals surface area contributed by atoms with Crippen molar-refractivity contribution in [2.24, 2.45) is 5.73 Å². The van der Waals surface area contributed by atoms with E-state index in [1.807, 2.05) is 43.3 Å². The number of rotatable bonds is 4. The van der Waals surface area contributed by atoms with Gasteiger partial charge in [-0.2, -0.15) is 0 Å². The molecule has 100 valence electrons. The fraction of sp³-hybridized carbons (Fsp3) is 0.200. The summed E-state index contributed by atoms with van der Waals surface area (Å²) in [4.78, 5) is 0. The van der Waals surface area contributed by atoms with Crippen LogP contribution in [0.1, 0.15) is 16.7 Å². The Morgan fingerprint density at radius 3 is 2.68 bits per heavy atom. The van der Waals surface area contributed by atoms with E-state index < -0.39 is 0 Å². The first-order chi connectivity index (χ1) is 9.10. The highest BCUT2D eigenvalue weighted by atomic mass is 79.9. The Balaban J connectivity index is 2.12. The van der Waals surface area contributed by atoms with Gasteiger partial charge in [0.1, 0.15) is 12.4 Å². The third kappa shape index (κ3) is 3.72. The van der Waals surface area contributed by atoms with Gasteiger partial charge in [-0.05, 0) is 36.2 Å². The molecule has 4 heteroatoms. The highest BCUT2D eigenvalue weighted by Crippen LogP contribution is 2.25. The summed E-state index contributed by atoms with van der Waals surface area (Å²) in [6.07, 6.45) is 0. The molecule has 0 heterocycles. The maximum absolute atomic E-state index is 6.20. The smallest absolute Gasteiger partial charge is 0.123 e. The Morgan fingerprint density at radius 2 is 2.00 bits per heavy atom. The molecule has 0 fully saturated rings. The van der Waals surface area contributed by atoms with E-state index in [-0.39, 0.29) is 0 Å². The monoisotopic (exact) mass is 339 g/mol. The first kappa shape index (κ1) is 14.4. The van der Waals surface area contributed by atoms with Gasteiger partial charge >= 0.3 is 0 Å². The average molecular weight is 341 g/mol. The molecule has 0 aromatic heterocycles. The van der Waals surface area contributed by atoms with Crippen molar-refractivity contribution < 1.29 is 4.74 Å². The number of ether oxygens (including phenoxy) is 1. The van der Waals surface area contributed by atoms with Gasteiger partial charge < -0.3 is 10.5 Å². The molecule has 0 atom stereocenters. The maximum atomic E-state index is 6.20. The standard InChI is InChI=1S/C15H15BrClNO/c1-10-2-5-13(16)7-15(10)19-9-12-4-3-11(8-18)6-14(12)17/h2-7H,8-9,18H2,1H3. The molecule has 19 heavy (non-hydrogen) atoms. The highest BCUT2D eigenvalue weighted by Gasteiger charge is 2.05. The molecule has 2 N–H and O–H groups in total. The Kier molecular flexibility index (Phi) is 4.86.